The third-order valence-electron chi connectivity index (χ3n) is 6.67. The van der Waals surface area contributed by atoms with Crippen LogP contribution in [0.15, 0.2) is 41.3 Å². The monoisotopic (exact) mass is 448 g/mol. The second kappa shape index (κ2) is 8.43. The molecule has 0 radical (unpaired) electrons. The predicted octanol–water partition coefficient (Wildman–Crippen LogP) is 6.65. The number of fused-ring (bicyclic) bond motifs is 1. The Kier molecular flexibility index (Phi) is 5.97. The van der Waals surface area contributed by atoms with Crippen LogP contribution in [-0.4, -0.2) is 28.1 Å². The number of aryl methyl sites for hydroxylation is 2. The van der Waals surface area contributed by atoms with E-state index in [4.69, 9.17) is 0 Å². The molecule has 1 fully saturated rings. The van der Waals surface area contributed by atoms with Gasteiger partial charge in [-0.05, 0) is 99.2 Å². The molecule has 0 aromatic heterocycles. The number of rotatable bonds is 4. The molecule has 0 aliphatic carbocycles. The molecule has 1 unspecified atom stereocenters. The zero-order valence-corrected chi connectivity index (χ0v) is 20.7. The maximum Gasteiger partial charge on any atom is 0.293 e. The number of benzene rings is 2. The van der Waals surface area contributed by atoms with Crippen LogP contribution in [0, 0.1) is 13.8 Å². The van der Waals surface area contributed by atoms with E-state index in [2.05, 4.69) is 51.7 Å². The lowest BCUT2D eigenvalue weighted by Gasteiger charge is -2.47. The summed E-state index contributed by atoms with van der Waals surface area (Å²) in [5, 5.41) is -0.203. The quantitative estimate of drug-likeness (QED) is 0.491. The fraction of sp³-hybridized carbons (Fsp3) is 0.407. The minimum Gasteiger partial charge on any atom is -0.366 e. The van der Waals surface area contributed by atoms with Gasteiger partial charge in [-0.2, -0.15) is 0 Å². The second-order valence-electron chi connectivity index (χ2n) is 9.69. The summed E-state index contributed by atoms with van der Waals surface area (Å²) in [5.41, 5.74) is 6.96. The zero-order valence-electron chi connectivity index (χ0n) is 19.9. The number of thioether (sulfide) groups is 1. The Labute approximate surface area is 195 Å². The van der Waals surface area contributed by atoms with Gasteiger partial charge in [-0.15, -0.1) is 0 Å². The molecule has 2 aromatic carbocycles. The van der Waals surface area contributed by atoms with Gasteiger partial charge in [0.1, 0.15) is 0 Å². The average molecular weight is 449 g/mol. The van der Waals surface area contributed by atoms with E-state index in [1.54, 1.807) is 0 Å². The molecule has 4 nitrogen and oxygen atoms in total. The molecule has 0 bridgehead atoms. The van der Waals surface area contributed by atoms with Crippen LogP contribution in [0.5, 0.6) is 0 Å². The number of anilines is 1. The molecule has 0 spiro atoms. The van der Waals surface area contributed by atoms with Gasteiger partial charge in [-0.25, -0.2) is 0 Å². The lowest BCUT2D eigenvalue weighted by molar-refractivity contribution is -0.123. The van der Waals surface area contributed by atoms with E-state index < -0.39 is 0 Å². The van der Waals surface area contributed by atoms with Crippen molar-refractivity contribution in [1.29, 1.82) is 0 Å². The summed E-state index contributed by atoms with van der Waals surface area (Å²) < 4.78 is 0. The fourth-order valence-corrected chi connectivity index (χ4v) is 6.00. The van der Waals surface area contributed by atoms with E-state index in [0.717, 1.165) is 47.0 Å². The van der Waals surface area contributed by atoms with Crippen molar-refractivity contribution in [2.75, 3.05) is 11.4 Å². The van der Waals surface area contributed by atoms with Crippen molar-refractivity contribution in [3.05, 3.63) is 69.1 Å². The number of hydrogen-bond donors (Lipinski definition) is 0. The maximum atomic E-state index is 13.1. The van der Waals surface area contributed by atoms with Gasteiger partial charge < -0.3 is 4.90 Å². The lowest BCUT2D eigenvalue weighted by Crippen LogP contribution is -2.48. The number of amides is 2. The van der Waals surface area contributed by atoms with E-state index in [0.29, 0.717) is 17.4 Å². The first-order chi connectivity index (χ1) is 15.1. The van der Waals surface area contributed by atoms with E-state index in [1.165, 1.54) is 16.2 Å². The molecule has 2 aliphatic rings. The third-order valence-corrected chi connectivity index (χ3v) is 7.58. The molecule has 168 valence electrons. The lowest BCUT2D eigenvalue weighted by atomic mass is 9.79. The molecule has 2 amide bonds. The fourth-order valence-electron chi connectivity index (χ4n) is 5.18. The van der Waals surface area contributed by atoms with E-state index in [-0.39, 0.29) is 16.7 Å². The molecule has 0 saturated carbocycles. The average Bonchev–Trinajstić information content (AvgIpc) is 2.96. The summed E-state index contributed by atoms with van der Waals surface area (Å²) in [5.74, 6) is 0.231. The SMILES string of the molecule is CCN1c2cc(C)c(/C=C3/SC(=O)N(Cc4cccc(C)c4)C3=O)cc2C(C)CC1(C)C. The topological polar surface area (TPSA) is 40.6 Å². The zero-order chi connectivity index (χ0) is 23.2. The summed E-state index contributed by atoms with van der Waals surface area (Å²) in [6.07, 6.45) is 2.99. The van der Waals surface area contributed by atoms with Crippen molar-refractivity contribution in [2.45, 2.75) is 66.0 Å². The Balaban J connectivity index is 1.65. The smallest absolute Gasteiger partial charge is 0.293 e. The van der Waals surface area contributed by atoms with Gasteiger partial charge >= 0.3 is 0 Å². The van der Waals surface area contributed by atoms with E-state index >= 15 is 0 Å². The summed E-state index contributed by atoms with van der Waals surface area (Å²) in [4.78, 5) is 30.0. The Morgan fingerprint density at radius 3 is 2.59 bits per heavy atom. The Bertz CT molecular complexity index is 1120. The van der Waals surface area contributed by atoms with Crippen LogP contribution >= 0.6 is 11.8 Å². The highest BCUT2D eigenvalue weighted by atomic mass is 32.2. The Hall–Kier alpha value is -2.53. The summed E-state index contributed by atoms with van der Waals surface area (Å²) in [7, 11) is 0. The minimum atomic E-state index is -0.206. The van der Waals surface area contributed by atoms with Crippen molar-refractivity contribution in [3.8, 4) is 0 Å². The van der Waals surface area contributed by atoms with Crippen LogP contribution < -0.4 is 4.90 Å². The van der Waals surface area contributed by atoms with Crippen LogP contribution in [0.25, 0.3) is 6.08 Å². The molecule has 5 heteroatoms. The number of imide groups is 1. The van der Waals surface area contributed by atoms with Gasteiger partial charge in [0, 0.05) is 17.8 Å². The van der Waals surface area contributed by atoms with Crippen LogP contribution in [-0.2, 0) is 11.3 Å². The third kappa shape index (κ3) is 4.11. The Morgan fingerprint density at radius 1 is 1.16 bits per heavy atom. The highest BCUT2D eigenvalue weighted by Crippen LogP contribution is 2.45. The molecule has 32 heavy (non-hydrogen) atoms. The maximum absolute atomic E-state index is 13.1. The highest BCUT2D eigenvalue weighted by Gasteiger charge is 2.37. The molecule has 2 heterocycles. The molecular formula is C27H32N2O2S. The first kappa shape index (κ1) is 22.7. The molecule has 4 rings (SSSR count). The van der Waals surface area contributed by atoms with Crippen LogP contribution in [0.2, 0.25) is 0 Å². The number of hydrogen-bond acceptors (Lipinski definition) is 4. The molecular weight excluding hydrogens is 416 g/mol. The van der Waals surface area contributed by atoms with Crippen molar-refractivity contribution < 1.29 is 9.59 Å². The van der Waals surface area contributed by atoms with Gasteiger partial charge in [-0.1, -0.05) is 36.8 Å². The Morgan fingerprint density at radius 2 is 1.91 bits per heavy atom. The van der Waals surface area contributed by atoms with Gasteiger partial charge in [0.05, 0.1) is 11.4 Å². The summed E-state index contributed by atoms with van der Waals surface area (Å²) in [6, 6.07) is 12.4. The van der Waals surface area contributed by atoms with Gasteiger partial charge in [0.15, 0.2) is 0 Å². The van der Waals surface area contributed by atoms with E-state index in [1.807, 2.05) is 37.3 Å². The van der Waals surface area contributed by atoms with Crippen LogP contribution in [0.3, 0.4) is 0 Å². The van der Waals surface area contributed by atoms with Crippen LogP contribution in [0.1, 0.15) is 67.9 Å². The first-order valence-electron chi connectivity index (χ1n) is 11.3. The molecule has 2 aromatic rings. The van der Waals surface area contributed by atoms with Crippen LogP contribution in [0.4, 0.5) is 10.5 Å². The molecule has 2 aliphatic heterocycles. The largest absolute Gasteiger partial charge is 0.366 e. The van der Waals surface area contributed by atoms with Crippen molar-refractivity contribution in [3.63, 3.8) is 0 Å². The number of carbonyl (C=O) groups excluding carboxylic acids is 2. The van der Waals surface area contributed by atoms with Gasteiger partial charge in [0.2, 0.25) is 0 Å². The predicted molar refractivity (Wildman–Crippen MR) is 134 cm³/mol. The van der Waals surface area contributed by atoms with E-state index in [9.17, 15) is 9.59 Å². The van der Waals surface area contributed by atoms with Gasteiger partial charge in [-0.3, -0.25) is 14.5 Å². The summed E-state index contributed by atoms with van der Waals surface area (Å²) >= 11 is 1.04. The number of carbonyl (C=O) groups is 2. The van der Waals surface area contributed by atoms with Crippen molar-refractivity contribution >= 4 is 34.7 Å². The summed E-state index contributed by atoms with van der Waals surface area (Å²) in [6.45, 7) is 14.5. The normalized spacial score (nSPS) is 21.4. The van der Waals surface area contributed by atoms with Gasteiger partial charge in [0.25, 0.3) is 11.1 Å². The standard InChI is InChI=1S/C27H32N2O2S/c1-7-29-23-12-18(3)21(13-22(23)19(4)15-27(29,5)6)14-24-25(30)28(26(31)32-24)16-20-10-8-9-17(2)11-20/h8-14,19H,7,15-16H2,1-6H3/b24-14+. The molecule has 0 N–H and O–H groups in total. The van der Waals surface area contributed by atoms with Crippen molar-refractivity contribution in [2.24, 2.45) is 0 Å². The minimum absolute atomic E-state index is 0.119. The van der Waals surface area contributed by atoms with Crippen molar-refractivity contribution in [1.82, 2.24) is 4.90 Å². The first-order valence-corrected chi connectivity index (χ1v) is 12.2. The molecule has 1 atom stereocenters. The molecule has 1 saturated heterocycles. The number of nitrogens with zero attached hydrogens (tertiary/aromatic N) is 2. The second-order valence-corrected chi connectivity index (χ2v) is 10.7. The highest BCUT2D eigenvalue weighted by molar-refractivity contribution is 8.18.